The summed E-state index contributed by atoms with van der Waals surface area (Å²) in [5.41, 5.74) is 1.89. The molecule has 1 saturated heterocycles. The highest BCUT2D eigenvalue weighted by atomic mass is 19.1. The van der Waals surface area contributed by atoms with Crippen molar-refractivity contribution in [1.82, 2.24) is 9.80 Å². The van der Waals surface area contributed by atoms with Crippen molar-refractivity contribution in [1.29, 1.82) is 0 Å². The summed E-state index contributed by atoms with van der Waals surface area (Å²) in [6.45, 7) is 5.64. The first-order valence-electron chi connectivity index (χ1n) is 9.61. The number of nitrogens with zero attached hydrogens (tertiary/aromatic N) is 3. The molecule has 0 N–H and O–H groups in total. The lowest BCUT2D eigenvalue weighted by Gasteiger charge is -2.39. The normalized spacial score (nSPS) is 15.9. The van der Waals surface area contributed by atoms with Gasteiger partial charge in [0.2, 0.25) is 5.91 Å². The van der Waals surface area contributed by atoms with Gasteiger partial charge in [0.05, 0.1) is 18.8 Å². The van der Waals surface area contributed by atoms with Crippen LogP contribution in [0.1, 0.15) is 12.5 Å². The smallest absolute Gasteiger partial charge is 0.239 e. The summed E-state index contributed by atoms with van der Waals surface area (Å²) < 4.78 is 18.8. The van der Waals surface area contributed by atoms with Crippen LogP contribution in [0.2, 0.25) is 0 Å². The molecule has 1 heterocycles. The van der Waals surface area contributed by atoms with E-state index in [1.165, 1.54) is 12.1 Å². The largest absolute Gasteiger partial charge is 0.495 e. The van der Waals surface area contributed by atoms with E-state index in [2.05, 4.69) is 15.9 Å². The van der Waals surface area contributed by atoms with Crippen LogP contribution >= 0.6 is 0 Å². The van der Waals surface area contributed by atoms with Gasteiger partial charge in [0.1, 0.15) is 11.6 Å². The van der Waals surface area contributed by atoms with E-state index >= 15 is 0 Å². The van der Waals surface area contributed by atoms with Gasteiger partial charge in [0, 0.05) is 39.8 Å². The predicted octanol–water partition coefficient (Wildman–Crippen LogP) is 3.00. The fourth-order valence-corrected chi connectivity index (χ4v) is 3.70. The molecule has 5 nitrogen and oxygen atoms in total. The number of benzene rings is 2. The van der Waals surface area contributed by atoms with Crippen molar-refractivity contribution in [3.05, 3.63) is 59.9 Å². The van der Waals surface area contributed by atoms with Gasteiger partial charge in [-0.05, 0) is 36.8 Å². The third-order valence-corrected chi connectivity index (χ3v) is 5.33. The molecule has 2 aromatic carbocycles. The number of para-hydroxylation sites is 2. The van der Waals surface area contributed by atoms with Crippen molar-refractivity contribution in [2.24, 2.45) is 0 Å². The number of methoxy groups -OCH3 is 1. The van der Waals surface area contributed by atoms with Crippen molar-refractivity contribution in [3.8, 4) is 5.75 Å². The number of halogens is 1. The molecular weight excluding hydrogens is 357 g/mol. The molecule has 1 aliphatic rings. The second-order valence-electron chi connectivity index (χ2n) is 7.20. The minimum atomic E-state index is -0.279. The predicted molar refractivity (Wildman–Crippen MR) is 109 cm³/mol. The molecular formula is C22H28FN3O2. The number of hydrogen-bond acceptors (Lipinski definition) is 4. The molecule has 1 amide bonds. The fourth-order valence-electron chi connectivity index (χ4n) is 3.70. The summed E-state index contributed by atoms with van der Waals surface area (Å²) in [6.07, 6.45) is 0. The Bertz CT molecular complexity index is 806. The van der Waals surface area contributed by atoms with Gasteiger partial charge in [-0.2, -0.15) is 0 Å². The summed E-state index contributed by atoms with van der Waals surface area (Å²) >= 11 is 0. The first-order valence-corrected chi connectivity index (χ1v) is 9.61. The number of anilines is 1. The average molecular weight is 385 g/mol. The van der Waals surface area contributed by atoms with Crippen molar-refractivity contribution in [2.75, 3.05) is 45.2 Å². The number of carbonyl (C=O) groups excluding carboxylic acids is 1. The van der Waals surface area contributed by atoms with E-state index in [1.54, 1.807) is 25.1 Å². The Morgan fingerprint density at radius 1 is 1.14 bits per heavy atom. The summed E-state index contributed by atoms with van der Waals surface area (Å²) in [5.74, 6) is 0.642. The second kappa shape index (κ2) is 9.06. The maximum atomic E-state index is 13.4. The number of carbonyl (C=O) groups is 1. The van der Waals surface area contributed by atoms with Crippen LogP contribution in [-0.4, -0.2) is 62.1 Å². The van der Waals surface area contributed by atoms with Gasteiger partial charge in [0.25, 0.3) is 0 Å². The highest BCUT2D eigenvalue weighted by Crippen LogP contribution is 2.28. The van der Waals surface area contributed by atoms with E-state index < -0.39 is 0 Å². The lowest BCUT2D eigenvalue weighted by molar-refractivity contribution is -0.135. The van der Waals surface area contributed by atoms with Crippen LogP contribution in [0, 0.1) is 5.82 Å². The molecule has 0 aromatic heterocycles. The average Bonchev–Trinajstić information content (AvgIpc) is 2.72. The van der Waals surface area contributed by atoms with E-state index in [9.17, 15) is 9.18 Å². The molecule has 0 unspecified atom stereocenters. The Hall–Kier alpha value is -2.60. The van der Waals surface area contributed by atoms with Gasteiger partial charge in [-0.3, -0.25) is 9.69 Å². The third kappa shape index (κ3) is 4.62. The Balaban J connectivity index is 1.56. The summed E-state index contributed by atoms with van der Waals surface area (Å²) in [4.78, 5) is 19.0. The van der Waals surface area contributed by atoms with Crippen LogP contribution in [0.25, 0.3) is 0 Å². The van der Waals surface area contributed by atoms with E-state index in [0.29, 0.717) is 6.54 Å². The Morgan fingerprint density at radius 3 is 2.54 bits per heavy atom. The van der Waals surface area contributed by atoms with Crippen LogP contribution in [0.15, 0.2) is 48.5 Å². The quantitative estimate of drug-likeness (QED) is 0.766. The SMILES string of the molecule is COc1ccccc1N1CCN([C@H](C)C(=O)N(C)Cc2cccc(F)c2)CC1. The van der Waals surface area contributed by atoms with Crippen LogP contribution in [0.5, 0.6) is 5.75 Å². The molecule has 0 radical (unpaired) electrons. The summed E-state index contributed by atoms with van der Waals surface area (Å²) in [7, 11) is 3.46. The zero-order valence-electron chi connectivity index (χ0n) is 16.8. The first-order chi connectivity index (χ1) is 13.5. The van der Waals surface area contributed by atoms with E-state index in [1.807, 2.05) is 31.2 Å². The monoisotopic (exact) mass is 385 g/mol. The molecule has 0 bridgehead atoms. The standard InChI is InChI=1S/C22H28FN3O2/c1-17(22(27)24(2)16-18-7-6-8-19(23)15-18)25-11-13-26(14-12-25)20-9-4-5-10-21(20)28-3/h4-10,15,17H,11-14,16H2,1-3H3/t17-/m1/s1. The van der Waals surface area contributed by atoms with Gasteiger partial charge in [-0.15, -0.1) is 0 Å². The van der Waals surface area contributed by atoms with E-state index in [0.717, 1.165) is 43.2 Å². The maximum Gasteiger partial charge on any atom is 0.239 e. The number of likely N-dealkylation sites (N-methyl/N-ethyl adjacent to an activating group) is 1. The Morgan fingerprint density at radius 2 is 1.86 bits per heavy atom. The molecule has 0 saturated carbocycles. The minimum Gasteiger partial charge on any atom is -0.495 e. The molecule has 0 aliphatic carbocycles. The minimum absolute atomic E-state index is 0.0509. The van der Waals surface area contributed by atoms with Gasteiger partial charge < -0.3 is 14.5 Å². The second-order valence-corrected chi connectivity index (χ2v) is 7.20. The molecule has 0 spiro atoms. The number of rotatable bonds is 6. The van der Waals surface area contributed by atoms with E-state index in [-0.39, 0.29) is 17.8 Å². The van der Waals surface area contributed by atoms with Crippen LogP contribution in [-0.2, 0) is 11.3 Å². The molecule has 1 fully saturated rings. The lowest BCUT2D eigenvalue weighted by Crippen LogP contribution is -2.54. The van der Waals surface area contributed by atoms with Crippen molar-refractivity contribution >= 4 is 11.6 Å². The van der Waals surface area contributed by atoms with Crippen LogP contribution < -0.4 is 9.64 Å². The first kappa shape index (κ1) is 20.1. The molecule has 28 heavy (non-hydrogen) atoms. The molecule has 1 aliphatic heterocycles. The fraction of sp³-hybridized carbons (Fsp3) is 0.409. The van der Waals surface area contributed by atoms with Gasteiger partial charge in [-0.25, -0.2) is 4.39 Å². The Kier molecular flexibility index (Phi) is 6.52. The van der Waals surface area contributed by atoms with Crippen LogP contribution in [0.3, 0.4) is 0 Å². The Labute approximate surface area is 166 Å². The molecule has 3 rings (SSSR count). The van der Waals surface area contributed by atoms with Gasteiger partial charge >= 0.3 is 0 Å². The van der Waals surface area contributed by atoms with Crippen LogP contribution in [0.4, 0.5) is 10.1 Å². The molecule has 2 aromatic rings. The van der Waals surface area contributed by atoms with Crippen molar-refractivity contribution < 1.29 is 13.9 Å². The zero-order valence-corrected chi connectivity index (χ0v) is 16.8. The number of hydrogen-bond donors (Lipinski definition) is 0. The highest BCUT2D eigenvalue weighted by molar-refractivity contribution is 5.81. The highest BCUT2D eigenvalue weighted by Gasteiger charge is 2.28. The number of ether oxygens (including phenoxy) is 1. The lowest BCUT2D eigenvalue weighted by atomic mass is 10.1. The zero-order chi connectivity index (χ0) is 20.1. The summed E-state index contributed by atoms with van der Waals surface area (Å²) in [5, 5.41) is 0. The van der Waals surface area contributed by atoms with Gasteiger partial charge in [0.15, 0.2) is 0 Å². The number of amides is 1. The number of piperazine rings is 1. The van der Waals surface area contributed by atoms with E-state index in [4.69, 9.17) is 4.74 Å². The maximum absolute atomic E-state index is 13.4. The van der Waals surface area contributed by atoms with Crippen molar-refractivity contribution in [2.45, 2.75) is 19.5 Å². The van der Waals surface area contributed by atoms with Gasteiger partial charge in [-0.1, -0.05) is 24.3 Å². The summed E-state index contributed by atoms with van der Waals surface area (Å²) in [6, 6.07) is 14.2. The molecule has 6 heteroatoms. The molecule has 150 valence electrons. The third-order valence-electron chi connectivity index (χ3n) is 5.33. The molecule has 1 atom stereocenters. The van der Waals surface area contributed by atoms with Crippen molar-refractivity contribution in [3.63, 3.8) is 0 Å². The topological polar surface area (TPSA) is 36.0 Å².